The highest BCUT2D eigenvalue weighted by Crippen LogP contribution is 2.25. The van der Waals surface area contributed by atoms with Crippen molar-refractivity contribution in [1.82, 2.24) is 9.97 Å². The minimum absolute atomic E-state index is 0.754. The van der Waals surface area contributed by atoms with Crippen molar-refractivity contribution >= 4 is 11.8 Å². The minimum atomic E-state index is 0.754. The Bertz CT molecular complexity index is 697. The van der Waals surface area contributed by atoms with Crippen LogP contribution in [-0.4, -0.2) is 42.8 Å². The first-order valence-electron chi connectivity index (χ1n) is 8.30. The Labute approximate surface area is 136 Å². The molecule has 0 spiro atoms. The third-order valence-corrected chi connectivity index (χ3v) is 4.58. The first-order valence-corrected chi connectivity index (χ1v) is 8.30. The SMILES string of the molecule is Cc1cc(N2CCc3ccccc3C2)nc(N2CCOCC2)n1. The Kier molecular flexibility index (Phi) is 3.87. The second-order valence-corrected chi connectivity index (χ2v) is 6.21. The Balaban J connectivity index is 1.60. The van der Waals surface area contributed by atoms with Gasteiger partial charge >= 0.3 is 0 Å². The van der Waals surface area contributed by atoms with E-state index in [-0.39, 0.29) is 0 Å². The van der Waals surface area contributed by atoms with E-state index in [0.717, 1.165) is 63.3 Å². The largest absolute Gasteiger partial charge is 0.378 e. The number of anilines is 2. The quantitative estimate of drug-likeness (QED) is 0.850. The van der Waals surface area contributed by atoms with Gasteiger partial charge in [-0.05, 0) is 24.5 Å². The third-order valence-electron chi connectivity index (χ3n) is 4.58. The number of hydrogen-bond acceptors (Lipinski definition) is 5. The van der Waals surface area contributed by atoms with Crippen LogP contribution in [0, 0.1) is 6.92 Å². The van der Waals surface area contributed by atoms with Crippen LogP contribution in [0.3, 0.4) is 0 Å². The molecule has 2 aromatic rings. The monoisotopic (exact) mass is 310 g/mol. The molecule has 0 atom stereocenters. The molecule has 0 unspecified atom stereocenters. The summed E-state index contributed by atoms with van der Waals surface area (Å²) in [6.07, 6.45) is 1.08. The van der Waals surface area contributed by atoms with E-state index in [0.29, 0.717) is 0 Å². The van der Waals surface area contributed by atoms with Gasteiger partial charge < -0.3 is 14.5 Å². The van der Waals surface area contributed by atoms with Gasteiger partial charge in [0.2, 0.25) is 5.95 Å². The van der Waals surface area contributed by atoms with Crippen LogP contribution in [0.4, 0.5) is 11.8 Å². The Hall–Kier alpha value is -2.14. The van der Waals surface area contributed by atoms with E-state index in [2.05, 4.69) is 45.1 Å². The Morgan fingerprint density at radius 1 is 0.957 bits per heavy atom. The van der Waals surface area contributed by atoms with E-state index < -0.39 is 0 Å². The number of ether oxygens (including phenoxy) is 1. The van der Waals surface area contributed by atoms with Crippen LogP contribution in [0.2, 0.25) is 0 Å². The van der Waals surface area contributed by atoms with Crippen molar-refractivity contribution in [2.24, 2.45) is 0 Å². The highest BCUT2D eigenvalue weighted by atomic mass is 16.5. The van der Waals surface area contributed by atoms with E-state index in [4.69, 9.17) is 9.72 Å². The van der Waals surface area contributed by atoms with Gasteiger partial charge in [-0.15, -0.1) is 0 Å². The summed E-state index contributed by atoms with van der Waals surface area (Å²) < 4.78 is 5.43. The fourth-order valence-electron chi connectivity index (χ4n) is 3.29. The molecule has 2 aliphatic rings. The summed E-state index contributed by atoms with van der Waals surface area (Å²) in [7, 11) is 0. The molecule has 1 aromatic carbocycles. The molecule has 120 valence electrons. The normalized spacial score (nSPS) is 18.0. The number of aryl methyl sites for hydroxylation is 1. The predicted octanol–water partition coefficient (Wildman–Crippen LogP) is 2.18. The van der Waals surface area contributed by atoms with E-state index in [1.54, 1.807) is 0 Å². The topological polar surface area (TPSA) is 41.5 Å². The average molecular weight is 310 g/mol. The summed E-state index contributed by atoms with van der Waals surface area (Å²) in [6.45, 7) is 7.23. The Morgan fingerprint density at radius 2 is 1.74 bits per heavy atom. The number of fused-ring (bicyclic) bond motifs is 1. The van der Waals surface area contributed by atoms with Crippen molar-refractivity contribution in [2.75, 3.05) is 42.6 Å². The smallest absolute Gasteiger partial charge is 0.227 e. The van der Waals surface area contributed by atoms with E-state index in [9.17, 15) is 0 Å². The molecule has 0 saturated carbocycles. The molecule has 2 aliphatic heterocycles. The van der Waals surface area contributed by atoms with E-state index >= 15 is 0 Å². The summed E-state index contributed by atoms with van der Waals surface area (Å²) in [6, 6.07) is 10.8. The van der Waals surface area contributed by atoms with Crippen molar-refractivity contribution < 1.29 is 4.74 Å². The maximum absolute atomic E-state index is 5.43. The highest BCUT2D eigenvalue weighted by Gasteiger charge is 2.20. The molecular weight excluding hydrogens is 288 g/mol. The highest BCUT2D eigenvalue weighted by molar-refractivity contribution is 5.49. The molecule has 4 rings (SSSR count). The molecule has 1 aromatic heterocycles. The van der Waals surface area contributed by atoms with Crippen LogP contribution in [0.1, 0.15) is 16.8 Å². The van der Waals surface area contributed by atoms with Gasteiger partial charge in [0.25, 0.3) is 0 Å². The first-order chi connectivity index (χ1) is 11.3. The van der Waals surface area contributed by atoms with E-state index in [1.165, 1.54) is 11.1 Å². The molecule has 0 N–H and O–H groups in total. The summed E-state index contributed by atoms with van der Waals surface area (Å²) in [5.41, 5.74) is 3.89. The fraction of sp³-hybridized carbons (Fsp3) is 0.444. The van der Waals surface area contributed by atoms with Crippen LogP contribution < -0.4 is 9.80 Å². The number of rotatable bonds is 2. The van der Waals surface area contributed by atoms with Gasteiger partial charge in [0.15, 0.2) is 0 Å². The maximum Gasteiger partial charge on any atom is 0.227 e. The van der Waals surface area contributed by atoms with Gasteiger partial charge in [-0.25, -0.2) is 4.98 Å². The third kappa shape index (κ3) is 3.01. The average Bonchev–Trinajstić information content (AvgIpc) is 2.61. The van der Waals surface area contributed by atoms with Crippen molar-refractivity contribution in [3.63, 3.8) is 0 Å². The molecule has 0 radical (unpaired) electrons. The molecule has 23 heavy (non-hydrogen) atoms. The molecule has 0 amide bonds. The second kappa shape index (κ2) is 6.16. The van der Waals surface area contributed by atoms with Crippen LogP contribution in [-0.2, 0) is 17.7 Å². The molecule has 0 bridgehead atoms. The summed E-state index contributed by atoms with van der Waals surface area (Å²) in [5, 5.41) is 0. The van der Waals surface area contributed by atoms with Gasteiger partial charge in [0, 0.05) is 37.9 Å². The number of aromatic nitrogens is 2. The molecule has 0 aliphatic carbocycles. The molecule has 1 saturated heterocycles. The zero-order valence-electron chi connectivity index (χ0n) is 13.5. The lowest BCUT2D eigenvalue weighted by molar-refractivity contribution is 0.122. The molecule has 1 fully saturated rings. The number of benzene rings is 1. The maximum atomic E-state index is 5.43. The van der Waals surface area contributed by atoms with Crippen LogP contribution in [0.15, 0.2) is 30.3 Å². The van der Waals surface area contributed by atoms with E-state index in [1.807, 2.05) is 6.92 Å². The zero-order valence-corrected chi connectivity index (χ0v) is 13.5. The van der Waals surface area contributed by atoms with Gasteiger partial charge in [-0.1, -0.05) is 24.3 Å². The minimum Gasteiger partial charge on any atom is -0.378 e. The van der Waals surface area contributed by atoms with Gasteiger partial charge in [0.05, 0.1) is 13.2 Å². The summed E-state index contributed by atoms with van der Waals surface area (Å²) >= 11 is 0. The Morgan fingerprint density at radius 3 is 2.57 bits per heavy atom. The van der Waals surface area contributed by atoms with Gasteiger partial charge in [-0.2, -0.15) is 4.98 Å². The van der Waals surface area contributed by atoms with Crippen molar-refractivity contribution in [1.29, 1.82) is 0 Å². The predicted molar refractivity (Wildman–Crippen MR) is 91.0 cm³/mol. The summed E-state index contributed by atoms with van der Waals surface area (Å²) in [4.78, 5) is 14.1. The fourth-order valence-corrected chi connectivity index (χ4v) is 3.29. The van der Waals surface area contributed by atoms with Crippen LogP contribution in [0.25, 0.3) is 0 Å². The number of hydrogen-bond donors (Lipinski definition) is 0. The lowest BCUT2D eigenvalue weighted by Gasteiger charge is -2.32. The molecule has 5 heteroatoms. The zero-order chi connectivity index (χ0) is 15.6. The van der Waals surface area contributed by atoms with Crippen LogP contribution >= 0.6 is 0 Å². The number of nitrogens with zero attached hydrogens (tertiary/aromatic N) is 4. The standard InChI is InChI=1S/C18H22N4O/c1-14-12-17(20-18(19-14)21-8-10-23-11-9-21)22-7-6-15-4-2-3-5-16(15)13-22/h2-5,12H,6-11,13H2,1H3. The van der Waals surface area contributed by atoms with Crippen LogP contribution in [0.5, 0.6) is 0 Å². The van der Waals surface area contributed by atoms with Gasteiger partial charge in [-0.3, -0.25) is 0 Å². The number of morpholine rings is 1. The van der Waals surface area contributed by atoms with Crippen molar-refractivity contribution in [3.05, 3.63) is 47.2 Å². The van der Waals surface area contributed by atoms with Crippen molar-refractivity contribution in [2.45, 2.75) is 19.9 Å². The molecular formula is C18H22N4O. The molecule has 3 heterocycles. The lowest BCUT2D eigenvalue weighted by Crippen LogP contribution is -2.38. The lowest BCUT2D eigenvalue weighted by atomic mass is 10.00. The molecule has 5 nitrogen and oxygen atoms in total. The summed E-state index contributed by atoms with van der Waals surface area (Å²) in [5.74, 6) is 1.87. The van der Waals surface area contributed by atoms with Gasteiger partial charge in [0.1, 0.15) is 5.82 Å². The second-order valence-electron chi connectivity index (χ2n) is 6.21. The van der Waals surface area contributed by atoms with Crippen molar-refractivity contribution in [3.8, 4) is 0 Å². The first kappa shape index (κ1) is 14.5.